The Morgan fingerprint density at radius 1 is 1.20 bits per heavy atom. The smallest absolute Gasteiger partial charge is 0.223 e. The lowest BCUT2D eigenvalue weighted by Crippen LogP contribution is -2.42. The van der Waals surface area contributed by atoms with Crippen LogP contribution in [0.1, 0.15) is 39.2 Å². The number of likely N-dealkylation sites (tertiary alicyclic amines) is 1. The van der Waals surface area contributed by atoms with Crippen LogP contribution in [0.4, 0.5) is 0 Å². The van der Waals surface area contributed by atoms with Gasteiger partial charge in [0, 0.05) is 32.5 Å². The van der Waals surface area contributed by atoms with Crippen molar-refractivity contribution in [2.45, 2.75) is 40.0 Å². The molecule has 1 aliphatic rings. The molecule has 1 saturated heterocycles. The van der Waals surface area contributed by atoms with Crippen LogP contribution in [-0.4, -0.2) is 43.0 Å². The maximum atomic E-state index is 12.2. The molecule has 25 heavy (non-hydrogen) atoms. The molecule has 0 atom stereocenters. The van der Waals surface area contributed by atoms with Crippen molar-refractivity contribution >= 4 is 11.8 Å². The molecule has 0 aliphatic carbocycles. The minimum Gasteiger partial charge on any atom is -0.493 e. The van der Waals surface area contributed by atoms with Crippen molar-refractivity contribution in [2.75, 3.05) is 26.2 Å². The zero-order chi connectivity index (χ0) is 18.2. The Labute approximate surface area is 150 Å². The van der Waals surface area contributed by atoms with Gasteiger partial charge in [-0.1, -0.05) is 26.0 Å². The van der Waals surface area contributed by atoms with Gasteiger partial charge in [-0.05, 0) is 42.9 Å². The molecule has 0 bridgehead atoms. The Bertz CT molecular complexity index is 561. The van der Waals surface area contributed by atoms with E-state index in [-0.39, 0.29) is 17.7 Å². The third-order valence-corrected chi connectivity index (χ3v) is 4.53. The first-order valence-electron chi connectivity index (χ1n) is 9.20. The third kappa shape index (κ3) is 6.40. The van der Waals surface area contributed by atoms with Crippen molar-refractivity contribution in [1.82, 2.24) is 10.2 Å². The molecule has 1 aromatic carbocycles. The molecule has 5 heteroatoms. The number of amides is 2. The van der Waals surface area contributed by atoms with Gasteiger partial charge in [0.15, 0.2) is 0 Å². The third-order valence-electron chi connectivity index (χ3n) is 4.53. The summed E-state index contributed by atoms with van der Waals surface area (Å²) in [6.45, 7) is 8.56. The zero-order valence-electron chi connectivity index (χ0n) is 15.6. The summed E-state index contributed by atoms with van der Waals surface area (Å²) < 4.78 is 5.67. The quantitative estimate of drug-likeness (QED) is 0.826. The molecule has 2 rings (SSSR count). The average molecular weight is 346 g/mol. The fourth-order valence-corrected chi connectivity index (χ4v) is 2.95. The summed E-state index contributed by atoms with van der Waals surface area (Å²) in [5.41, 5.74) is 1.18. The van der Waals surface area contributed by atoms with Gasteiger partial charge in [-0.25, -0.2) is 0 Å². The number of carbonyl (C=O) groups excluding carboxylic acids is 2. The van der Waals surface area contributed by atoms with Crippen molar-refractivity contribution in [3.63, 3.8) is 0 Å². The molecule has 1 aliphatic heterocycles. The number of hydrogen-bond acceptors (Lipinski definition) is 3. The number of nitrogens with zero attached hydrogens (tertiary/aromatic N) is 1. The van der Waals surface area contributed by atoms with E-state index in [0.717, 1.165) is 31.6 Å². The Morgan fingerprint density at radius 2 is 1.84 bits per heavy atom. The van der Waals surface area contributed by atoms with Crippen LogP contribution >= 0.6 is 0 Å². The summed E-state index contributed by atoms with van der Waals surface area (Å²) in [6.07, 6.45) is 2.32. The van der Waals surface area contributed by atoms with Gasteiger partial charge >= 0.3 is 0 Å². The minimum absolute atomic E-state index is 0.0300. The first-order valence-corrected chi connectivity index (χ1v) is 9.20. The van der Waals surface area contributed by atoms with Gasteiger partial charge in [0.05, 0.1) is 6.61 Å². The fourth-order valence-electron chi connectivity index (χ4n) is 2.95. The molecule has 2 amide bonds. The normalized spacial score (nSPS) is 15.3. The van der Waals surface area contributed by atoms with Gasteiger partial charge in [-0.2, -0.15) is 0 Å². The topological polar surface area (TPSA) is 58.6 Å². The summed E-state index contributed by atoms with van der Waals surface area (Å²) >= 11 is 0. The van der Waals surface area contributed by atoms with Crippen molar-refractivity contribution in [3.8, 4) is 5.75 Å². The SMILES string of the molecule is CC(=O)N1CCC(C(=O)NCCc2ccc(OCC(C)C)cc2)CC1. The molecular weight excluding hydrogens is 316 g/mol. The van der Waals surface area contributed by atoms with Crippen LogP contribution in [0, 0.1) is 11.8 Å². The lowest BCUT2D eigenvalue weighted by atomic mass is 9.96. The van der Waals surface area contributed by atoms with E-state index in [1.165, 1.54) is 5.56 Å². The first kappa shape index (κ1) is 19.3. The predicted octanol–water partition coefficient (Wildman–Crippen LogP) is 2.64. The van der Waals surface area contributed by atoms with E-state index in [9.17, 15) is 9.59 Å². The molecule has 0 aromatic heterocycles. The number of benzene rings is 1. The molecule has 0 saturated carbocycles. The second-order valence-corrected chi connectivity index (χ2v) is 7.17. The van der Waals surface area contributed by atoms with E-state index in [4.69, 9.17) is 4.74 Å². The number of piperidine rings is 1. The molecule has 1 heterocycles. The van der Waals surface area contributed by atoms with E-state index < -0.39 is 0 Å². The van der Waals surface area contributed by atoms with Crippen LogP contribution in [0.3, 0.4) is 0 Å². The molecule has 1 fully saturated rings. The van der Waals surface area contributed by atoms with Gasteiger partial charge in [0.2, 0.25) is 11.8 Å². The lowest BCUT2D eigenvalue weighted by molar-refractivity contribution is -0.133. The van der Waals surface area contributed by atoms with Crippen molar-refractivity contribution in [1.29, 1.82) is 0 Å². The van der Waals surface area contributed by atoms with Crippen molar-refractivity contribution in [3.05, 3.63) is 29.8 Å². The minimum atomic E-state index is 0.0300. The Balaban J connectivity index is 1.68. The number of hydrogen-bond donors (Lipinski definition) is 1. The maximum Gasteiger partial charge on any atom is 0.223 e. The largest absolute Gasteiger partial charge is 0.493 e. The van der Waals surface area contributed by atoms with Crippen LogP contribution in [0.2, 0.25) is 0 Å². The molecule has 0 unspecified atom stereocenters. The highest BCUT2D eigenvalue weighted by Gasteiger charge is 2.25. The average Bonchev–Trinajstić information content (AvgIpc) is 2.61. The van der Waals surface area contributed by atoms with Crippen molar-refractivity contribution in [2.24, 2.45) is 11.8 Å². The Morgan fingerprint density at radius 3 is 2.40 bits per heavy atom. The van der Waals surface area contributed by atoms with Gasteiger partial charge in [0.1, 0.15) is 5.75 Å². The second kappa shape index (κ2) is 9.44. The van der Waals surface area contributed by atoms with Crippen LogP contribution in [-0.2, 0) is 16.0 Å². The summed E-state index contributed by atoms with van der Waals surface area (Å²) in [5.74, 6) is 1.64. The number of carbonyl (C=O) groups is 2. The monoisotopic (exact) mass is 346 g/mol. The van der Waals surface area contributed by atoms with E-state index in [0.29, 0.717) is 25.6 Å². The summed E-state index contributed by atoms with van der Waals surface area (Å²) in [4.78, 5) is 25.4. The first-order chi connectivity index (χ1) is 12.0. The summed E-state index contributed by atoms with van der Waals surface area (Å²) in [6, 6.07) is 8.06. The highest BCUT2D eigenvalue weighted by Crippen LogP contribution is 2.17. The second-order valence-electron chi connectivity index (χ2n) is 7.17. The molecule has 5 nitrogen and oxygen atoms in total. The molecule has 0 radical (unpaired) electrons. The van der Waals surface area contributed by atoms with Crippen molar-refractivity contribution < 1.29 is 14.3 Å². The highest BCUT2D eigenvalue weighted by atomic mass is 16.5. The summed E-state index contributed by atoms with van der Waals surface area (Å²) in [5, 5.41) is 3.03. The van der Waals surface area contributed by atoms with E-state index in [1.807, 2.05) is 29.2 Å². The molecule has 1 N–H and O–H groups in total. The summed E-state index contributed by atoms with van der Waals surface area (Å²) in [7, 11) is 0. The zero-order valence-corrected chi connectivity index (χ0v) is 15.6. The van der Waals surface area contributed by atoms with E-state index in [1.54, 1.807) is 6.92 Å². The van der Waals surface area contributed by atoms with Gasteiger partial charge in [0.25, 0.3) is 0 Å². The predicted molar refractivity (Wildman–Crippen MR) is 98.5 cm³/mol. The fraction of sp³-hybridized carbons (Fsp3) is 0.600. The molecule has 138 valence electrons. The maximum absolute atomic E-state index is 12.2. The molecular formula is C20H30N2O3. The highest BCUT2D eigenvalue weighted by molar-refractivity contribution is 5.79. The van der Waals surface area contributed by atoms with E-state index >= 15 is 0 Å². The Hall–Kier alpha value is -2.04. The van der Waals surface area contributed by atoms with Gasteiger partial charge in [-0.15, -0.1) is 0 Å². The van der Waals surface area contributed by atoms with Crippen LogP contribution in [0.25, 0.3) is 0 Å². The van der Waals surface area contributed by atoms with Gasteiger partial charge < -0.3 is 15.0 Å². The number of rotatable bonds is 7. The standard InChI is InChI=1S/C20H30N2O3/c1-15(2)14-25-19-6-4-17(5-7-19)8-11-21-20(24)18-9-12-22(13-10-18)16(3)23/h4-7,15,18H,8-14H2,1-3H3,(H,21,24). The van der Waals surface area contributed by atoms with Gasteiger partial charge in [-0.3, -0.25) is 9.59 Å². The van der Waals surface area contributed by atoms with Crippen LogP contribution < -0.4 is 10.1 Å². The van der Waals surface area contributed by atoms with Crippen LogP contribution in [0.15, 0.2) is 24.3 Å². The Kier molecular flexibility index (Phi) is 7.29. The molecule has 0 spiro atoms. The number of ether oxygens (including phenoxy) is 1. The lowest BCUT2D eigenvalue weighted by Gasteiger charge is -2.30. The van der Waals surface area contributed by atoms with E-state index in [2.05, 4.69) is 19.2 Å². The van der Waals surface area contributed by atoms with Crippen LogP contribution in [0.5, 0.6) is 5.75 Å². The number of nitrogens with one attached hydrogen (secondary N) is 1. The molecule has 1 aromatic rings.